The minimum atomic E-state index is -0.726. The fraction of sp³-hybridized carbons (Fsp3) is 0.556. The van der Waals surface area contributed by atoms with Gasteiger partial charge in [-0.1, -0.05) is 36.8 Å². The molecule has 1 unspecified atom stereocenters. The van der Waals surface area contributed by atoms with Gasteiger partial charge in [0, 0.05) is 0 Å². The molecule has 2 aliphatic heterocycles. The lowest BCUT2D eigenvalue weighted by Gasteiger charge is -2.32. The molecule has 3 atom stereocenters. The van der Waals surface area contributed by atoms with Crippen molar-refractivity contribution in [1.29, 1.82) is 0 Å². The van der Waals surface area contributed by atoms with Gasteiger partial charge in [0.1, 0.15) is 6.04 Å². The summed E-state index contributed by atoms with van der Waals surface area (Å²) in [5.74, 6) is -0.385. The average molecular weight is 332 g/mol. The number of ether oxygens (including phenoxy) is 2. The molecule has 0 aromatic heterocycles. The molecule has 6 nitrogen and oxygen atoms in total. The van der Waals surface area contributed by atoms with Crippen molar-refractivity contribution in [2.45, 2.75) is 50.7 Å². The monoisotopic (exact) mass is 332 g/mol. The highest BCUT2D eigenvalue weighted by Gasteiger charge is 2.38. The van der Waals surface area contributed by atoms with E-state index in [1.807, 2.05) is 37.4 Å². The van der Waals surface area contributed by atoms with Crippen LogP contribution >= 0.6 is 0 Å². The van der Waals surface area contributed by atoms with E-state index in [1.165, 1.54) is 0 Å². The van der Waals surface area contributed by atoms with Gasteiger partial charge in [0.25, 0.3) is 0 Å². The summed E-state index contributed by atoms with van der Waals surface area (Å²) < 4.78 is 10.9. The molecule has 0 aliphatic carbocycles. The SMILES string of the molecule is CN1CCCC[C@H]1C(=O)N[C@H]1CC(=O)OC1OCc1ccccc1. The summed E-state index contributed by atoms with van der Waals surface area (Å²) in [5.41, 5.74) is 0.998. The van der Waals surface area contributed by atoms with E-state index in [-0.39, 0.29) is 24.3 Å². The first kappa shape index (κ1) is 16.9. The maximum absolute atomic E-state index is 12.5. The zero-order valence-electron chi connectivity index (χ0n) is 13.9. The zero-order chi connectivity index (χ0) is 16.9. The number of benzene rings is 1. The van der Waals surface area contributed by atoms with Crippen molar-refractivity contribution < 1.29 is 19.1 Å². The normalized spacial score (nSPS) is 27.7. The Morgan fingerprint density at radius 1 is 1.33 bits per heavy atom. The molecule has 0 radical (unpaired) electrons. The van der Waals surface area contributed by atoms with Crippen molar-refractivity contribution in [2.75, 3.05) is 13.6 Å². The predicted molar refractivity (Wildman–Crippen MR) is 87.9 cm³/mol. The molecular formula is C18H24N2O4. The van der Waals surface area contributed by atoms with Crippen LogP contribution in [0.3, 0.4) is 0 Å². The number of rotatable bonds is 5. The predicted octanol–water partition coefficient (Wildman–Crippen LogP) is 1.45. The van der Waals surface area contributed by atoms with Gasteiger partial charge in [-0.05, 0) is 32.0 Å². The lowest BCUT2D eigenvalue weighted by atomic mass is 10.0. The lowest BCUT2D eigenvalue weighted by Crippen LogP contribution is -2.52. The molecule has 6 heteroatoms. The number of nitrogens with zero attached hydrogens (tertiary/aromatic N) is 1. The number of amides is 1. The Balaban J connectivity index is 1.56. The van der Waals surface area contributed by atoms with Crippen LogP contribution in [0.4, 0.5) is 0 Å². The van der Waals surface area contributed by atoms with Gasteiger partial charge in [0.2, 0.25) is 12.2 Å². The Hall–Kier alpha value is -1.92. The first-order valence-corrected chi connectivity index (χ1v) is 8.49. The summed E-state index contributed by atoms with van der Waals surface area (Å²) in [6, 6.07) is 9.12. The molecule has 1 aromatic carbocycles. The van der Waals surface area contributed by atoms with E-state index >= 15 is 0 Å². The number of cyclic esters (lactones) is 1. The number of hydrogen-bond acceptors (Lipinski definition) is 5. The van der Waals surface area contributed by atoms with Crippen molar-refractivity contribution in [3.8, 4) is 0 Å². The molecule has 1 N–H and O–H groups in total. The number of hydrogen-bond donors (Lipinski definition) is 1. The van der Waals surface area contributed by atoms with Crippen LogP contribution in [0.5, 0.6) is 0 Å². The first-order valence-electron chi connectivity index (χ1n) is 8.49. The summed E-state index contributed by atoms with van der Waals surface area (Å²) in [5, 5.41) is 2.94. The molecular weight excluding hydrogens is 308 g/mol. The van der Waals surface area contributed by atoms with Gasteiger partial charge >= 0.3 is 5.97 Å². The second-order valence-corrected chi connectivity index (χ2v) is 6.47. The second-order valence-electron chi connectivity index (χ2n) is 6.47. The number of piperidine rings is 1. The number of likely N-dealkylation sites (N-methyl/N-ethyl adjacent to an activating group) is 1. The molecule has 0 saturated carbocycles. The van der Waals surface area contributed by atoms with Gasteiger partial charge in [-0.3, -0.25) is 14.5 Å². The zero-order valence-corrected chi connectivity index (χ0v) is 13.9. The summed E-state index contributed by atoms with van der Waals surface area (Å²) in [6.07, 6.45) is 2.45. The van der Waals surface area contributed by atoms with E-state index in [4.69, 9.17) is 9.47 Å². The highest BCUT2D eigenvalue weighted by Crippen LogP contribution is 2.20. The third-order valence-electron chi connectivity index (χ3n) is 4.62. The summed E-state index contributed by atoms with van der Waals surface area (Å²) in [4.78, 5) is 26.2. The van der Waals surface area contributed by atoms with Crippen LogP contribution in [0.1, 0.15) is 31.2 Å². The van der Waals surface area contributed by atoms with Crippen molar-refractivity contribution in [3.63, 3.8) is 0 Å². The van der Waals surface area contributed by atoms with Crippen LogP contribution in [0.25, 0.3) is 0 Å². The van der Waals surface area contributed by atoms with Crippen molar-refractivity contribution in [2.24, 2.45) is 0 Å². The molecule has 0 bridgehead atoms. The minimum absolute atomic E-state index is 0.0474. The molecule has 2 fully saturated rings. The number of esters is 1. The smallest absolute Gasteiger partial charge is 0.310 e. The van der Waals surface area contributed by atoms with Crippen LogP contribution in [0.2, 0.25) is 0 Å². The Labute approximate surface area is 142 Å². The van der Waals surface area contributed by atoms with Gasteiger partial charge in [0.05, 0.1) is 19.1 Å². The fourth-order valence-electron chi connectivity index (χ4n) is 3.24. The van der Waals surface area contributed by atoms with Gasteiger partial charge < -0.3 is 14.8 Å². The third-order valence-corrected chi connectivity index (χ3v) is 4.62. The summed E-state index contributed by atoms with van der Waals surface area (Å²) in [7, 11) is 1.96. The number of likely N-dealkylation sites (tertiary alicyclic amines) is 1. The first-order chi connectivity index (χ1) is 11.6. The molecule has 3 rings (SSSR count). The Bertz CT molecular complexity index is 578. The molecule has 2 aliphatic rings. The van der Waals surface area contributed by atoms with Crippen molar-refractivity contribution in [3.05, 3.63) is 35.9 Å². The van der Waals surface area contributed by atoms with Gasteiger partial charge in [0.15, 0.2) is 0 Å². The summed E-state index contributed by atoms with van der Waals surface area (Å²) >= 11 is 0. The molecule has 2 saturated heterocycles. The van der Waals surface area contributed by atoms with E-state index in [9.17, 15) is 9.59 Å². The Kier molecular flexibility index (Phi) is 5.48. The maximum atomic E-state index is 12.5. The van der Waals surface area contributed by atoms with E-state index in [1.54, 1.807) is 0 Å². The highest BCUT2D eigenvalue weighted by molar-refractivity contribution is 5.83. The van der Waals surface area contributed by atoms with Crippen molar-refractivity contribution in [1.82, 2.24) is 10.2 Å². The average Bonchev–Trinajstić information content (AvgIpc) is 2.93. The molecule has 130 valence electrons. The van der Waals surface area contributed by atoms with E-state index in [2.05, 4.69) is 10.2 Å². The maximum Gasteiger partial charge on any atom is 0.310 e. The quantitative estimate of drug-likeness (QED) is 0.827. The number of carbonyl (C=O) groups is 2. The van der Waals surface area contributed by atoms with E-state index in [0.29, 0.717) is 6.61 Å². The second kappa shape index (κ2) is 7.77. The molecule has 2 heterocycles. The number of nitrogens with one attached hydrogen (secondary N) is 1. The Morgan fingerprint density at radius 3 is 2.88 bits per heavy atom. The molecule has 1 amide bonds. The van der Waals surface area contributed by atoms with E-state index < -0.39 is 12.3 Å². The van der Waals surface area contributed by atoms with Gasteiger partial charge in [-0.25, -0.2) is 0 Å². The van der Waals surface area contributed by atoms with Crippen LogP contribution in [-0.4, -0.2) is 48.7 Å². The van der Waals surface area contributed by atoms with Crippen LogP contribution < -0.4 is 5.32 Å². The van der Waals surface area contributed by atoms with Gasteiger partial charge in [-0.15, -0.1) is 0 Å². The lowest BCUT2D eigenvalue weighted by molar-refractivity contribution is -0.168. The van der Waals surface area contributed by atoms with Crippen LogP contribution in [0.15, 0.2) is 30.3 Å². The fourth-order valence-corrected chi connectivity index (χ4v) is 3.24. The Morgan fingerprint density at radius 2 is 2.12 bits per heavy atom. The van der Waals surface area contributed by atoms with Crippen LogP contribution in [-0.2, 0) is 25.7 Å². The number of carbonyl (C=O) groups excluding carboxylic acids is 2. The molecule has 0 spiro atoms. The minimum Gasteiger partial charge on any atom is -0.433 e. The van der Waals surface area contributed by atoms with E-state index in [0.717, 1.165) is 31.4 Å². The third kappa shape index (κ3) is 4.13. The molecule has 1 aromatic rings. The largest absolute Gasteiger partial charge is 0.433 e. The van der Waals surface area contributed by atoms with Crippen molar-refractivity contribution >= 4 is 11.9 Å². The van der Waals surface area contributed by atoms with Gasteiger partial charge in [-0.2, -0.15) is 0 Å². The molecule has 24 heavy (non-hydrogen) atoms. The van der Waals surface area contributed by atoms with Crippen LogP contribution in [0, 0.1) is 0 Å². The summed E-state index contributed by atoms with van der Waals surface area (Å²) in [6.45, 7) is 1.26. The topological polar surface area (TPSA) is 67.9 Å². The highest BCUT2D eigenvalue weighted by atomic mass is 16.7. The standard InChI is InChI=1S/C18H24N2O4/c1-20-10-6-5-9-15(20)17(22)19-14-11-16(21)24-18(14)23-12-13-7-3-2-4-8-13/h2-4,7-8,14-15,18H,5-6,9-12H2,1H3,(H,19,22)/t14-,15-,18?/m0/s1.